The van der Waals surface area contributed by atoms with Gasteiger partial charge in [0.05, 0.1) is 0 Å². The summed E-state index contributed by atoms with van der Waals surface area (Å²) in [6, 6.07) is 11.8. The zero-order valence-electron chi connectivity index (χ0n) is 8.64. The first-order valence-corrected chi connectivity index (χ1v) is 4.83. The molecule has 0 aliphatic heterocycles. The van der Waals surface area contributed by atoms with Gasteiger partial charge in [-0.3, -0.25) is 4.79 Å². The molecule has 0 radical (unpaired) electrons. The maximum Gasteiger partial charge on any atom is 0.303 e. The lowest BCUT2D eigenvalue weighted by Gasteiger charge is -2.08. The second-order valence-electron chi connectivity index (χ2n) is 3.25. The smallest absolute Gasteiger partial charge is 0.303 e. The molecule has 0 saturated heterocycles. The van der Waals surface area contributed by atoms with E-state index >= 15 is 0 Å². The molecule has 0 amide bonds. The van der Waals surface area contributed by atoms with Crippen LogP contribution >= 0.6 is 0 Å². The fourth-order valence-corrected chi connectivity index (χ4v) is 1.29. The molecule has 3 nitrogen and oxygen atoms in total. The summed E-state index contributed by atoms with van der Waals surface area (Å²) in [4.78, 5) is 10.7. The summed E-state index contributed by atoms with van der Waals surface area (Å²) < 4.78 is 4.82. The molecule has 0 saturated carbocycles. The molecule has 0 spiro atoms. The zero-order valence-corrected chi connectivity index (χ0v) is 8.64. The van der Waals surface area contributed by atoms with Crippen LogP contribution in [-0.2, 0) is 16.0 Å². The van der Waals surface area contributed by atoms with E-state index in [4.69, 9.17) is 10.00 Å². The number of carbonyl (C=O) groups excluding carboxylic acids is 1. The Labute approximate surface area is 89.3 Å². The normalized spacial score (nSPS) is 11.5. The Hall–Kier alpha value is -1.82. The highest BCUT2D eigenvalue weighted by Gasteiger charge is 2.10. The summed E-state index contributed by atoms with van der Waals surface area (Å²) in [6.07, 6.45) is 0.648. The number of ether oxygens (including phenoxy) is 1. The van der Waals surface area contributed by atoms with Crippen molar-refractivity contribution in [2.24, 2.45) is 0 Å². The molecule has 0 aromatic heterocycles. The maximum atomic E-state index is 10.7. The van der Waals surface area contributed by atoms with Gasteiger partial charge in [0.25, 0.3) is 0 Å². The summed E-state index contributed by atoms with van der Waals surface area (Å²) in [5.74, 6) is -0.408. The molecule has 1 rings (SSSR count). The van der Waals surface area contributed by atoms with Gasteiger partial charge >= 0.3 is 5.97 Å². The maximum absolute atomic E-state index is 10.7. The lowest BCUT2D eigenvalue weighted by atomic mass is 10.1. The van der Waals surface area contributed by atoms with Gasteiger partial charge in [-0.05, 0) is 12.0 Å². The fraction of sp³-hybridized carbons (Fsp3) is 0.333. The Morgan fingerprint density at radius 3 is 2.67 bits per heavy atom. The molecule has 0 N–H and O–H groups in total. The molecule has 15 heavy (non-hydrogen) atoms. The largest absolute Gasteiger partial charge is 0.447 e. The molecule has 78 valence electrons. The molecule has 0 bridgehead atoms. The highest BCUT2D eigenvalue weighted by molar-refractivity contribution is 5.66. The minimum Gasteiger partial charge on any atom is -0.447 e. The molecule has 1 atom stereocenters. The number of hydrogen-bond donors (Lipinski definition) is 0. The first kappa shape index (κ1) is 11.3. The molecular formula is C12H13NO2. The molecule has 1 unspecified atom stereocenters. The second-order valence-corrected chi connectivity index (χ2v) is 3.25. The van der Waals surface area contributed by atoms with E-state index in [0.29, 0.717) is 6.42 Å². The van der Waals surface area contributed by atoms with Crippen molar-refractivity contribution in [3.8, 4) is 6.07 Å². The number of benzene rings is 1. The van der Waals surface area contributed by atoms with Gasteiger partial charge in [-0.2, -0.15) is 5.26 Å². The minimum atomic E-state index is -0.636. The summed E-state index contributed by atoms with van der Waals surface area (Å²) >= 11 is 0. The van der Waals surface area contributed by atoms with Crippen molar-refractivity contribution in [3.05, 3.63) is 35.9 Å². The summed E-state index contributed by atoms with van der Waals surface area (Å²) in [5, 5.41) is 8.73. The van der Waals surface area contributed by atoms with Crippen LogP contribution in [0.4, 0.5) is 0 Å². The number of hydrogen-bond acceptors (Lipinski definition) is 3. The molecule has 1 aromatic carbocycles. The first-order chi connectivity index (χ1) is 7.22. The van der Waals surface area contributed by atoms with Crippen molar-refractivity contribution in [1.29, 1.82) is 5.26 Å². The van der Waals surface area contributed by atoms with Gasteiger partial charge in [0.1, 0.15) is 6.07 Å². The van der Waals surface area contributed by atoms with Crippen molar-refractivity contribution in [3.63, 3.8) is 0 Å². The van der Waals surface area contributed by atoms with Crippen LogP contribution in [-0.4, -0.2) is 12.1 Å². The van der Waals surface area contributed by atoms with Crippen molar-refractivity contribution in [1.82, 2.24) is 0 Å². The predicted molar refractivity (Wildman–Crippen MR) is 55.9 cm³/mol. The number of nitrogens with zero attached hydrogens (tertiary/aromatic N) is 1. The third kappa shape index (κ3) is 4.28. The van der Waals surface area contributed by atoms with E-state index in [1.807, 2.05) is 36.4 Å². The third-order valence-electron chi connectivity index (χ3n) is 1.99. The molecule has 3 heteroatoms. The number of aryl methyl sites for hydroxylation is 1. The van der Waals surface area contributed by atoms with Crippen LogP contribution in [0.2, 0.25) is 0 Å². The van der Waals surface area contributed by atoms with Crippen LogP contribution in [0.1, 0.15) is 18.9 Å². The lowest BCUT2D eigenvalue weighted by molar-refractivity contribution is -0.144. The van der Waals surface area contributed by atoms with E-state index in [1.165, 1.54) is 6.92 Å². The van der Waals surface area contributed by atoms with E-state index in [2.05, 4.69) is 0 Å². The zero-order chi connectivity index (χ0) is 11.1. The van der Waals surface area contributed by atoms with E-state index in [0.717, 1.165) is 12.0 Å². The van der Waals surface area contributed by atoms with Crippen LogP contribution in [0.25, 0.3) is 0 Å². The minimum absolute atomic E-state index is 0.408. The van der Waals surface area contributed by atoms with Gasteiger partial charge in [0.2, 0.25) is 0 Å². The number of rotatable bonds is 4. The van der Waals surface area contributed by atoms with Gasteiger partial charge in [-0.1, -0.05) is 30.3 Å². The first-order valence-electron chi connectivity index (χ1n) is 4.83. The van der Waals surface area contributed by atoms with Gasteiger partial charge in [0, 0.05) is 13.3 Å². The monoisotopic (exact) mass is 203 g/mol. The summed E-state index contributed by atoms with van der Waals surface area (Å²) in [5.41, 5.74) is 1.14. The van der Waals surface area contributed by atoms with E-state index in [1.54, 1.807) is 0 Å². The van der Waals surface area contributed by atoms with Crippen LogP contribution < -0.4 is 0 Å². The van der Waals surface area contributed by atoms with E-state index < -0.39 is 12.1 Å². The molecule has 0 fully saturated rings. The third-order valence-corrected chi connectivity index (χ3v) is 1.99. The van der Waals surface area contributed by atoms with Gasteiger partial charge in [-0.15, -0.1) is 0 Å². The van der Waals surface area contributed by atoms with Gasteiger partial charge in [-0.25, -0.2) is 0 Å². The molecule has 0 aliphatic rings. The van der Waals surface area contributed by atoms with Crippen LogP contribution in [0.5, 0.6) is 0 Å². The number of esters is 1. The van der Waals surface area contributed by atoms with Crippen molar-refractivity contribution >= 4 is 5.97 Å². The molecule has 0 aliphatic carbocycles. The molecule has 1 aromatic rings. The van der Waals surface area contributed by atoms with Gasteiger partial charge in [0.15, 0.2) is 6.10 Å². The van der Waals surface area contributed by atoms with Crippen LogP contribution in [0, 0.1) is 11.3 Å². The lowest BCUT2D eigenvalue weighted by Crippen LogP contribution is -2.14. The van der Waals surface area contributed by atoms with Crippen LogP contribution in [0.3, 0.4) is 0 Å². The van der Waals surface area contributed by atoms with Crippen molar-refractivity contribution in [2.75, 3.05) is 0 Å². The SMILES string of the molecule is CC(=O)OC(C#N)CCc1ccccc1. The highest BCUT2D eigenvalue weighted by Crippen LogP contribution is 2.07. The number of nitriles is 1. The molecular weight excluding hydrogens is 190 g/mol. The Bertz CT molecular complexity index is 354. The fourth-order valence-electron chi connectivity index (χ4n) is 1.29. The van der Waals surface area contributed by atoms with E-state index in [9.17, 15) is 4.79 Å². The van der Waals surface area contributed by atoms with Crippen molar-refractivity contribution < 1.29 is 9.53 Å². The Morgan fingerprint density at radius 2 is 2.13 bits per heavy atom. The average molecular weight is 203 g/mol. The quantitative estimate of drug-likeness (QED) is 0.704. The average Bonchev–Trinajstić information content (AvgIpc) is 2.25. The van der Waals surface area contributed by atoms with Gasteiger partial charge < -0.3 is 4.74 Å². The second kappa shape index (κ2) is 5.82. The predicted octanol–water partition coefficient (Wildman–Crippen LogP) is 2.07. The topological polar surface area (TPSA) is 50.1 Å². The van der Waals surface area contributed by atoms with Crippen molar-refractivity contribution in [2.45, 2.75) is 25.9 Å². The highest BCUT2D eigenvalue weighted by atomic mass is 16.5. The summed E-state index contributed by atoms with van der Waals surface area (Å²) in [7, 11) is 0. The summed E-state index contributed by atoms with van der Waals surface area (Å²) in [6.45, 7) is 1.31. The number of carbonyl (C=O) groups is 1. The van der Waals surface area contributed by atoms with E-state index in [-0.39, 0.29) is 0 Å². The Kier molecular flexibility index (Phi) is 4.36. The Balaban J connectivity index is 2.42. The standard InChI is InChI=1S/C12H13NO2/c1-10(14)15-12(9-13)8-7-11-5-3-2-4-6-11/h2-6,12H,7-8H2,1H3. The van der Waals surface area contributed by atoms with Crippen LogP contribution in [0.15, 0.2) is 30.3 Å². The Morgan fingerprint density at radius 1 is 1.47 bits per heavy atom. The molecule has 0 heterocycles.